The molecule has 1 aliphatic rings. The van der Waals surface area contributed by atoms with Crippen LogP contribution in [0.5, 0.6) is 5.88 Å². The van der Waals surface area contributed by atoms with Crippen LogP contribution in [0.15, 0.2) is 42.5 Å². The zero-order valence-corrected chi connectivity index (χ0v) is 13.4. The van der Waals surface area contributed by atoms with E-state index in [1.807, 2.05) is 24.3 Å². The highest BCUT2D eigenvalue weighted by Crippen LogP contribution is 2.39. The molecule has 0 unspecified atom stereocenters. The van der Waals surface area contributed by atoms with Crippen LogP contribution in [0.4, 0.5) is 0 Å². The van der Waals surface area contributed by atoms with Gasteiger partial charge in [-0.05, 0) is 30.4 Å². The van der Waals surface area contributed by atoms with E-state index in [1.165, 1.54) is 25.5 Å². The lowest BCUT2D eigenvalue weighted by atomic mass is 10.1. The Morgan fingerprint density at radius 2 is 2.00 bits per heavy atom. The van der Waals surface area contributed by atoms with Crippen LogP contribution < -0.4 is 10.2 Å². The van der Waals surface area contributed by atoms with Gasteiger partial charge in [0.15, 0.2) is 11.6 Å². The number of carbonyl (C=O) groups is 1. The van der Waals surface area contributed by atoms with E-state index in [2.05, 4.69) is 10.5 Å². The molecule has 0 saturated heterocycles. The fourth-order valence-electron chi connectivity index (χ4n) is 2.34. The number of Topliss-reactive ketones (excluding diaryl/α,β-unsaturated/α-hetero) is 1. The number of hydrogen-bond acceptors (Lipinski definition) is 5. The van der Waals surface area contributed by atoms with E-state index in [1.54, 1.807) is 18.2 Å². The van der Waals surface area contributed by atoms with Gasteiger partial charge in [0.05, 0.1) is 7.11 Å². The first-order valence-electron chi connectivity index (χ1n) is 7.78. The number of ketones is 1. The number of ether oxygens (including phenoxy) is 1. The minimum Gasteiger partial charge on any atom is -0.481 e. The summed E-state index contributed by atoms with van der Waals surface area (Å²) in [4.78, 5) is 21.3. The van der Waals surface area contributed by atoms with Crippen molar-refractivity contribution in [2.24, 2.45) is 0 Å². The van der Waals surface area contributed by atoms with E-state index >= 15 is 0 Å². The van der Waals surface area contributed by atoms with E-state index in [9.17, 15) is 4.79 Å². The van der Waals surface area contributed by atoms with Gasteiger partial charge in [-0.1, -0.05) is 30.3 Å². The summed E-state index contributed by atoms with van der Waals surface area (Å²) in [5.74, 6) is 0.899. The van der Waals surface area contributed by atoms with Crippen molar-refractivity contribution in [2.75, 3.05) is 13.7 Å². The highest BCUT2D eigenvalue weighted by Gasteiger charge is 2.23. The minimum absolute atomic E-state index is 0.0363. The van der Waals surface area contributed by atoms with Crippen LogP contribution in [0.25, 0.3) is 0 Å². The molecule has 3 rings (SSSR count). The Morgan fingerprint density at radius 3 is 2.67 bits per heavy atom. The summed E-state index contributed by atoms with van der Waals surface area (Å²) in [6, 6.07) is 12.7. The molecule has 1 heterocycles. The van der Waals surface area contributed by atoms with Gasteiger partial charge in [0, 0.05) is 11.6 Å². The number of nitrogens with zero attached hydrogens (tertiary/aromatic N) is 1. The van der Waals surface area contributed by atoms with Crippen molar-refractivity contribution in [3.63, 3.8) is 0 Å². The Bertz CT molecular complexity index is 739. The number of hydroxylamine groups is 1. The predicted octanol–water partition coefficient (Wildman–Crippen LogP) is 2.70. The summed E-state index contributed by atoms with van der Waals surface area (Å²) >= 11 is 0. The number of carbonyl (C=O) groups excluding carboxylic acids is 1. The highest BCUT2D eigenvalue weighted by molar-refractivity contribution is 5.97. The van der Waals surface area contributed by atoms with Gasteiger partial charge in [-0.3, -0.25) is 15.0 Å². The quantitative estimate of drug-likeness (QED) is 0.354. The number of rotatable bonds is 7. The number of nitrogens with one attached hydrogen (secondary N) is 2. The molecule has 1 saturated carbocycles. The molecule has 2 aromatic rings. The molecule has 6 nitrogen and oxygen atoms in total. The zero-order valence-electron chi connectivity index (χ0n) is 13.4. The second-order valence-corrected chi connectivity index (χ2v) is 5.65. The molecule has 1 aromatic carbocycles. The summed E-state index contributed by atoms with van der Waals surface area (Å²) in [5, 5.41) is 7.87. The molecule has 6 heteroatoms. The number of pyridine rings is 1. The van der Waals surface area contributed by atoms with Crippen LogP contribution in [0.3, 0.4) is 0 Å². The van der Waals surface area contributed by atoms with Gasteiger partial charge in [0.1, 0.15) is 12.3 Å². The molecule has 1 aliphatic carbocycles. The third kappa shape index (κ3) is 3.97. The fraction of sp³-hybridized carbons (Fsp3) is 0.278. The Labute approximate surface area is 140 Å². The van der Waals surface area contributed by atoms with Crippen LogP contribution in [0.1, 0.15) is 40.4 Å². The van der Waals surface area contributed by atoms with Gasteiger partial charge < -0.3 is 4.74 Å². The van der Waals surface area contributed by atoms with Crippen molar-refractivity contribution in [1.82, 2.24) is 10.5 Å². The molecule has 0 bridgehead atoms. The van der Waals surface area contributed by atoms with E-state index in [0.29, 0.717) is 23.1 Å². The van der Waals surface area contributed by atoms with Crippen LogP contribution in [-0.4, -0.2) is 30.3 Å². The lowest BCUT2D eigenvalue weighted by molar-refractivity contribution is 0.0608. The van der Waals surface area contributed by atoms with Crippen molar-refractivity contribution in [3.05, 3.63) is 59.3 Å². The maximum Gasteiger partial charge on any atom is 0.213 e. The molecule has 1 aromatic heterocycles. The van der Waals surface area contributed by atoms with E-state index in [4.69, 9.17) is 15.0 Å². The molecular formula is C18H19N3O3. The van der Waals surface area contributed by atoms with Crippen LogP contribution in [0.2, 0.25) is 0 Å². The van der Waals surface area contributed by atoms with Crippen molar-refractivity contribution >= 4 is 11.6 Å². The summed E-state index contributed by atoms with van der Waals surface area (Å²) in [6.07, 6.45) is 2.47. The molecule has 0 atom stereocenters. The molecule has 24 heavy (non-hydrogen) atoms. The second-order valence-electron chi connectivity index (χ2n) is 5.65. The maximum atomic E-state index is 12.1. The van der Waals surface area contributed by atoms with Crippen molar-refractivity contribution in [1.29, 1.82) is 5.41 Å². The number of hydrogen-bond donors (Lipinski definition) is 2. The molecule has 0 amide bonds. The number of benzene rings is 1. The lowest BCUT2D eigenvalue weighted by Crippen LogP contribution is -2.27. The molecular weight excluding hydrogens is 306 g/mol. The Balaban J connectivity index is 1.49. The first-order chi connectivity index (χ1) is 11.7. The molecule has 124 valence electrons. The van der Waals surface area contributed by atoms with Gasteiger partial charge in [0.2, 0.25) is 5.88 Å². The zero-order chi connectivity index (χ0) is 16.9. The van der Waals surface area contributed by atoms with Gasteiger partial charge in [-0.15, -0.1) is 0 Å². The number of amidine groups is 1. The number of aromatic nitrogens is 1. The van der Waals surface area contributed by atoms with Crippen LogP contribution in [0, 0.1) is 5.41 Å². The standard InChI is InChI=1S/C18H19N3O3/c1-23-17-4-2-3-15(20-17)18(19)21-24-11-16(22)14-9-7-13(8-10-14)12-5-6-12/h2-4,7-10,12H,5-6,11H2,1H3,(H2,19,21). The van der Waals surface area contributed by atoms with E-state index in [-0.39, 0.29) is 18.2 Å². The fourth-order valence-corrected chi connectivity index (χ4v) is 2.34. The van der Waals surface area contributed by atoms with Gasteiger partial charge >= 0.3 is 0 Å². The Hall–Kier alpha value is -2.73. The largest absolute Gasteiger partial charge is 0.481 e. The van der Waals surface area contributed by atoms with E-state index in [0.717, 1.165) is 0 Å². The summed E-state index contributed by atoms with van der Waals surface area (Å²) < 4.78 is 5.01. The van der Waals surface area contributed by atoms with Crippen molar-refractivity contribution in [2.45, 2.75) is 18.8 Å². The molecule has 0 aliphatic heterocycles. The SMILES string of the molecule is COc1cccc(C(=N)NOCC(=O)c2ccc(C3CC3)cc2)n1. The van der Waals surface area contributed by atoms with Gasteiger partial charge in [-0.25, -0.2) is 10.5 Å². The maximum absolute atomic E-state index is 12.1. The molecule has 2 N–H and O–H groups in total. The Kier molecular flexibility index (Phi) is 4.86. The van der Waals surface area contributed by atoms with Crippen molar-refractivity contribution < 1.29 is 14.4 Å². The third-order valence-electron chi connectivity index (χ3n) is 3.85. The highest BCUT2D eigenvalue weighted by atomic mass is 16.6. The summed E-state index contributed by atoms with van der Waals surface area (Å²) in [5.41, 5.74) is 4.70. The minimum atomic E-state index is -0.158. The molecule has 0 radical (unpaired) electrons. The first kappa shape index (κ1) is 16.1. The van der Waals surface area contributed by atoms with Gasteiger partial charge in [0.25, 0.3) is 0 Å². The average Bonchev–Trinajstić information content (AvgIpc) is 3.47. The second kappa shape index (κ2) is 7.23. The van der Waals surface area contributed by atoms with E-state index < -0.39 is 0 Å². The number of methoxy groups -OCH3 is 1. The first-order valence-corrected chi connectivity index (χ1v) is 7.78. The topological polar surface area (TPSA) is 84.3 Å². The van der Waals surface area contributed by atoms with Crippen LogP contribution >= 0.6 is 0 Å². The summed E-state index contributed by atoms with van der Waals surface area (Å²) in [6.45, 7) is -0.158. The molecule has 0 spiro atoms. The molecule has 1 fully saturated rings. The predicted molar refractivity (Wildman–Crippen MR) is 89.5 cm³/mol. The normalized spacial score (nSPS) is 13.4. The smallest absolute Gasteiger partial charge is 0.213 e. The van der Waals surface area contributed by atoms with Crippen molar-refractivity contribution in [3.8, 4) is 5.88 Å². The van der Waals surface area contributed by atoms with Crippen LogP contribution in [-0.2, 0) is 4.84 Å². The van der Waals surface area contributed by atoms with Gasteiger partial charge in [-0.2, -0.15) is 0 Å². The average molecular weight is 325 g/mol. The Morgan fingerprint density at radius 1 is 1.25 bits per heavy atom. The summed E-state index contributed by atoms with van der Waals surface area (Å²) in [7, 11) is 1.51. The lowest BCUT2D eigenvalue weighted by Gasteiger charge is -2.08. The monoisotopic (exact) mass is 325 g/mol. The third-order valence-corrected chi connectivity index (χ3v) is 3.85.